The first kappa shape index (κ1) is 12.7. The normalized spacial score (nSPS) is 12.2. The summed E-state index contributed by atoms with van der Waals surface area (Å²) in [5.74, 6) is -0.0356. The van der Waals surface area contributed by atoms with Crippen LogP contribution in [0.25, 0.3) is 0 Å². The number of aryl methyl sites for hydroxylation is 1. The molecule has 0 bridgehead atoms. The largest absolute Gasteiger partial charge is 0.394 e. The van der Waals surface area contributed by atoms with E-state index in [0.717, 1.165) is 17.5 Å². The summed E-state index contributed by atoms with van der Waals surface area (Å²) in [6.45, 7) is 3.94. The Labute approximate surface area is 96.5 Å². The van der Waals surface area contributed by atoms with Crippen LogP contribution in [-0.4, -0.2) is 23.7 Å². The van der Waals surface area contributed by atoms with Gasteiger partial charge in [-0.05, 0) is 18.9 Å². The number of aliphatic hydroxyl groups excluding tert-OH is 1. The molecule has 0 saturated carbocycles. The summed E-state index contributed by atoms with van der Waals surface area (Å²) in [7, 11) is 0. The van der Waals surface area contributed by atoms with Gasteiger partial charge < -0.3 is 10.4 Å². The molecule has 0 fully saturated rings. The zero-order valence-electron chi connectivity index (χ0n) is 9.86. The molecule has 1 amide bonds. The average Bonchev–Trinajstić information content (AvgIpc) is 2.26. The fourth-order valence-electron chi connectivity index (χ4n) is 1.56. The van der Waals surface area contributed by atoms with Crippen LogP contribution in [0, 0.1) is 6.92 Å². The van der Waals surface area contributed by atoms with Crippen LogP contribution in [0.2, 0.25) is 0 Å². The van der Waals surface area contributed by atoms with Gasteiger partial charge in [-0.25, -0.2) is 0 Å². The minimum Gasteiger partial charge on any atom is -0.394 e. The highest BCUT2D eigenvalue weighted by molar-refractivity contribution is 5.78. The minimum absolute atomic E-state index is 0.00391. The fourth-order valence-corrected chi connectivity index (χ4v) is 1.56. The summed E-state index contributed by atoms with van der Waals surface area (Å²) in [5, 5.41) is 11.8. The van der Waals surface area contributed by atoms with Gasteiger partial charge in [0.2, 0.25) is 5.91 Å². The molecule has 0 unspecified atom stereocenters. The zero-order valence-corrected chi connectivity index (χ0v) is 9.86. The smallest absolute Gasteiger partial charge is 0.224 e. The molecule has 1 atom stereocenters. The van der Waals surface area contributed by atoms with Crippen molar-refractivity contribution in [3.8, 4) is 0 Å². The van der Waals surface area contributed by atoms with Gasteiger partial charge in [0.15, 0.2) is 0 Å². The minimum atomic E-state index is -0.127. The second-order valence-electron chi connectivity index (χ2n) is 4.02. The van der Waals surface area contributed by atoms with Crippen molar-refractivity contribution in [1.29, 1.82) is 0 Å². The Morgan fingerprint density at radius 2 is 2.25 bits per heavy atom. The lowest BCUT2D eigenvalue weighted by molar-refractivity contribution is -0.121. The Morgan fingerprint density at radius 1 is 1.50 bits per heavy atom. The van der Waals surface area contributed by atoms with Gasteiger partial charge >= 0.3 is 0 Å². The van der Waals surface area contributed by atoms with Gasteiger partial charge in [0, 0.05) is 0 Å². The molecule has 0 spiro atoms. The first-order valence-corrected chi connectivity index (χ1v) is 5.61. The molecule has 1 aromatic rings. The van der Waals surface area contributed by atoms with E-state index in [2.05, 4.69) is 5.32 Å². The third-order valence-electron chi connectivity index (χ3n) is 2.53. The van der Waals surface area contributed by atoms with Gasteiger partial charge in [-0.1, -0.05) is 36.8 Å². The number of carbonyl (C=O) groups excluding carboxylic acids is 1. The molecule has 1 rings (SSSR count). The molecule has 16 heavy (non-hydrogen) atoms. The van der Waals surface area contributed by atoms with Crippen LogP contribution in [0.4, 0.5) is 0 Å². The van der Waals surface area contributed by atoms with Gasteiger partial charge in [-0.15, -0.1) is 0 Å². The van der Waals surface area contributed by atoms with Gasteiger partial charge in [0.25, 0.3) is 0 Å². The zero-order chi connectivity index (χ0) is 12.0. The number of carbonyl (C=O) groups is 1. The van der Waals surface area contributed by atoms with E-state index in [1.165, 1.54) is 0 Å². The number of hydrogen-bond acceptors (Lipinski definition) is 2. The van der Waals surface area contributed by atoms with Crippen LogP contribution in [0.1, 0.15) is 24.5 Å². The van der Waals surface area contributed by atoms with Crippen molar-refractivity contribution in [3.05, 3.63) is 35.4 Å². The number of rotatable bonds is 5. The van der Waals surface area contributed by atoms with E-state index >= 15 is 0 Å². The molecule has 0 aromatic heterocycles. The predicted octanol–water partition coefficient (Wildman–Crippen LogP) is 1.42. The number of nitrogens with one attached hydrogen (secondary N) is 1. The van der Waals surface area contributed by atoms with Crippen molar-refractivity contribution in [1.82, 2.24) is 5.32 Å². The van der Waals surface area contributed by atoms with Crippen molar-refractivity contribution in [2.45, 2.75) is 32.7 Å². The molecule has 3 heteroatoms. The molecule has 3 nitrogen and oxygen atoms in total. The summed E-state index contributed by atoms with van der Waals surface area (Å²) < 4.78 is 0. The first-order valence-electron chi connectivity index (χ1n) is 5.61. The average molecular weight is 221 g/mol. The van der Waals surface area contributed by atoms with Crippen molar-refractivity contribution in [3.63, 3.8) is 0 Å². The van der Waals surface area contributed by atoms with Crippen molar-refractivity contribution in [2.24, 2.45) is 0 Å². The van der Waals surface area contributed by atoms with Crippen LogP contribution in [-0.2, 0) is 11.2 Å². The highest BCUT2D eigenvalue weighted by Gasteiger charge is 2.09. The summed E-state index contributed by atoms with van der Waals surface area (Å²) in [5.41, 5.74) is 2.16. The summed E-state index contributed by atoms with van der Waals surface area (Å²) in [4.78, 5) is 11.6. The lowest BCUT2D eigenvalue weighted by Crippen LogP contribution is -2.37. The summed E-state index contributed by atoms with van der Waals surface area (Å²) in [6, 6.07) is 7.76. The molecule has 0 radical (unpaired) electrons. The van der Waals surface area contributed by atoms with Crippen LogP contribution < -0.4 is 5.32 Å². The van der Waals surface area contributed by atoms with Gasteiger partial charge in [0.05, 0.1) is 19.1 Å². The Hall–Kier alpha value is -1.35. The summed E-state index contributed by atoms with van der Waals surface area (Å²) in [6.07, 6.45) is 1.12. The maximum absolute atomic E-state index is 11.6. The molecular weight excluding hydrogens is 202 g/mol. The molecule has 88 valence electrons. The quantitative estimate of drug-likeness (QED) is 0.790. The second-order valence-corrected chi connectivity index (χ2v) is 4.02. The highest BCUT2D eigenvalue weighted by atomic mass is 16.3. The molecule has 2 N–H and O–H groups in total. The van der Waals surface area contributed by atoms with E-state index in [9.17, 15) is 4.79 Å². The number of amides is 1. The van der Waals surface area contributed by atoms with E-state index < -0.39 is 0 Å². The van der Waals surface area contributed by atoms with E-state index in [4.69, 9.17) is 5.11 Å². The van der Waals surface area contributed by atoms with Gasteiger partial charge in [-0.3, -0.25) is 4.79 Å². The monoisotopic (exact) mass is 221 g/mol. The SMILES string of the molecule is CC[C@H](CO)NC(=O)Cc1cccc(C)c1. The van der Waals surface area contributed by atoms with Crippen LogP contribution in [0.3, 0.4) is 0 Å². The van der Waals surface area contributed by atoms with Gasteiger partial charge in [-0.2, -0.15) is 0 Å². The molecule has 1 aromatic carbocycles. The van der Waals surface area contributed by atoms with Crippen molar-refractivity contribution < 1.29 is 9.90 Å². The number of hydrogen-bond donors (Lipinski definition) is 2. The topological polar surface area (TPSA) is 49.3 Å². The molecule has 0 saturated heterocycles. The van der Waals surface area contributed by atoms with Crippen molar-refractivity contribution >= 4 is 5.91 Å². The molecule has 0 aliphatic carbocycles. The predicted molar refractivity (Wildman–Crippen MR) is 64.2 cm³/mol. The Balaban J connectivity index is 2.51. The Morgan fingerprint density at radius 3 is 2.81 bits per heavy atom. The molecule has 0 aliphatic rings. The third-order valence-corrected chi connectivity index (χ3v) is 2.53. The van der Waals surface area contributed by atoms with Crippen molar-refractivity contribution in [2.75, 3.05) is 6.61 Å². The van der Waals surface area contributed by atoms with Crippen LogP contribution in [0.5, 0.6) is 0 Å². The van der Waals surface area contributed by atoms with Gasteiger partial charge in [0.1, 0.15) is 0 Å². The lowest BCUT2D eigenvalue weighted by Gasteiger charge is -2.13. The fraction of sp³-hybridized carbons (Fsp3) is 0.462. The lowest BCUT2D eigenvalue weighted by atomic mass is 10.1. The second kappa shape index (κ2) is 6.28. The third kappa shape index (κ3) is 4.03. The Bertz CT molecular complexity index is 346. The van der Waals surface area contributed by atoms with Crippen LogP contribution in [0.15, 0.2) is 24.3 Å². The van der Waals surface area contributed by atoms with E-state index in [-0.39, 0.29) is 18.6 Å². The van der Waals surface area contributed by atoms with E-state index in [1.807, 2.05) is 38.1 Å². The maximum Gasteiger partial charge on any atom is 0.224 e. The van der Waals surface area contributed by atoms with Crippen LogP contribution >= 0.6 is 0 Å². The summed E-state index contributed by atoms with van der Waals surface area (Å²) >= 11 is 0. The molecule has 0 aliphatic heterocycles. The first-order chi connectivity index (χ1) is 7.65. The standard InChI is InChI=1S/C13H19NO2/c1-3-12(9-15)14-13(16)8-11-6-4-5-10(2)7-11/h4-7,12,15H,3,8-9H2,1-2H3,(H,14,16)/t12-/m1/s1. The molecule has 0 heterocycles. The molecular formula is C13H19NO2. The maximum atomic E-state index is 11.6. The highest BCUT2D eigenvalue weighted by Crippen LogP contribution is 2.04. The Kier molecular flexibility index (Phi) is 4.99. The number of benzene rings is 1. The number of aliphatic hydroxyl groups is 1. The van der Waals surface area contributed by atoms with E-state index in [0.29, 0.717) is 6.42 Å². The van der Waals surface area contributed by atoms with E-state index in [1.54, 1.807) is 0 Å².